The number of rotatable bonds is 4. The highest BCUT2D eigenvalue weighted by Gasteiger charge is 2.34. The summed E-state index contributed by atoms with van der Waals surface area (Å²) in [5.41, 5.74) is -1.92. The van der Waals surface area contributed by atoms with E-state index in [1.807, 2.05) is 4.72 Å². The lowest BCUT2D eigenvalue weighted by molar-refractivity contribution is -0.137. The normalized spacial score (nSPS) is 11.9. The van der Waals surface area contributed by atoms with Gasteiger partial charge in [0, 0.05) is 18.0 Å². The molecule has 6 nitrogen and oxygen atoms in total. The maximum Gasteiger partial charge on any atom is 0.417 e. The molecule has 0 spiro atoms. The van der Waals surface area contributed by atoms with E-state index in [0.29, 0.717) is 6.07 Å². The van der Waals surface area contributed by atoms with Gasteiger partial charge >= 0.3 is 6.18 Å². The summed E-state index contributed by atoms with van der Waals surface area (Å²) in [5.74, 6) is -0.896. The number of nitrogens with zero attached hydrogens (tertiary/aromatic N) is 1. The fourth-order valence-corrected chi connectivity index (χ4v) is 3.21. The van der Waals surface area contributed by atoms with Gasteiger partial charge in [0.2, 0.25) is 0 Å². The Morgan fingerprint density at radius 1 is 1.20 bits per heavy atom. The van der Waals surface area contributed by atoms with Crippen LogP contribution in [0.25, 0.3) is 0 Å². The molecular formula is C13H8Cl2F3N3O3S. The van der Waals surface area contributed by atoms with E-state index in [9.17, 15) is 26.4 Å². The van der Waals surface area contributed by atoms with Crippen molar-refractivity contribution in [2.75, 3.05) is 4.72 Å². The van der Waals surface area contributed by atoms with Crippen LogP contribution in [0.15, 0.2) is 41.4 Å². The number of aromatic nitrogens is 1. The Morgan fingerprint density at radius 3 is 2.48 bits per heavy atom. The van der Waals surface area contributed by atoms with Gasteiger partial charge in [0.15, 0.2) is 5.69 Å². The summed E-state index contributed by atoms with van der Waals surface area (Å²) in [4.78, 5) is 16.3. The zero-order valence-electron chi connectivity index (χ0n) is 11.9. The first-order chi connectivity index (χ1) is 11.6. The van der Waals surface area contributed by atoms with Crippen molar-refractivity contribution in [2.45, 2.75) is 11.1 Å². The number of carbonyl (C=O) groups is 1. The molecule has 0 radical (unpaired) electrons. The van der Waals surface area contributed by atoms with Crippen molar-refractivity contribution in [2.24, 2.45) is 0 Å². The Hall–Kier alpha value is -2.04. The van der Waals surface area contributed by atoms with Gasteiger partial charge in [-0.25, -0.2) is 13.4 Å². The standard InChI is InChI=1S/C13H8Cl2F3N3O3S/c14-9-4-3-7(6-8(9)13(16,17)18)25(23,24)21-10-2-1-5-19-11(10)12(22)20-15/h1-6,21H,(H,20,22). The number of hydrogen-bond donors (Lipinski definition) is 2. The molecule has 2 aromatic rings. The Labute approximate surface area is 150 Å². The summed E-state index contributed by atoms with van der Waals surface area (Å²) >= 11 is 10.6. The monoisotopic (exact) mass is 413 g/mol. The molecule has 1 heterocycles. The highest BCUT2D eigenvalue weighted by molar-refractivity contribution is 7.92. The van der Waals surface area contributed by atoms with Gasteiger partial charge in [-0.2, -0.15) is 13.2 Å². The minimum absolute atomic E-state index is 0.260. The van der Waals surface area contributed by atoms with Crippen LogP contribution in [0.4, 0.5) is 18.9 Å². The molecule has 0 atom stereocenters. The second-order valence-corrected chi connectivity index (χ2v) is 6.85. The second kappa shape index (κ2) is 7.06. The average Bonchev–Trinajstić information content (AvgIpc) is 2.53. The number of amides is 1. The zero-order chi connectivity index (χ0) is 18.8. The van der Waals surface area contributed by atoms with Crippen LogP contribution in [0, 0.1) is 0 Å². The summed E-state index contributed by atoms with van der Waals surface area (Å²) in [7, 11) is -4.45. The first-order valence-corrected chi connectivity index (χ1v) is 8.55. The molecular weight excluding hydrogens is 406 g/mol. The third-order valence-electron chi connectivity index (χ3n) is 2.91. The Balaban J connectivity index is 2.47. The summed E-state index contributed by atoms with van der Waals surface area (Å²) < 4.78 is 65.3. The molecule has 0 bridgehead atoms. The smallest absolute Gasteiger partial charge is 0.277 e. The van der Waals surface area contributed by atoms with Crippen molar-refractivity contribution in [1.29, 1.82) is 0 Å². The number of alkyl halides is 3. The molecule has 134 valence electrons. The predicted molar refractivity (Wildman–Crippen MR) is 84.8 cm³/mol. The van der Waals surface area contributed by atoms with Gasteiger partial charge in [-0.15, -0.1) is 0 Å². The lowest BCUT2D eigenvalue weighted by Gasteiger charge is -2.13. The number of sulfonamides is 1. The number of halogens is 5. The number of carbonyl (C=O) groups excluding carboxylic acids is 1. The molecule has 0 fully saturated rings. The van der Waals surface area contributed by atoms with Gasteiger partial charge < -0.3 is 0 Å². The average molecular weight is 414 g/mol. The number of pyridine rings is 1. The molecule has 25 heavy (non-hydrogen) atoms. The third-order valence-corrected chi connectivity index (χ3v) is 4.77. The number of benzene rings is 1. The molecule has 1 aromatic carbocycles. The number of nitrogens with one attached hydrogen (secondary N) is 2. The fourth-order valence-electron chi connectivity index (χ4n) is 1.81. The van der Waals surface area contributed by atoms with E-state index in [-0.39, 0.29) is 11.4 Å². The summed E-state index contributed by atoms with van der Waals surface area (Å²) in [6.07, 6.45) is -3.62. The van der Waals surface area contributed by atoms with Crippen LogP contribution < -0.4 is 9.56 Å². The van der Waals surface area contributed by atoms with Crippen molar-refractivity contribution in [3.8, 4) is 0 Å². The van der Waals surface area contributed by atoms with Crippen molar-refractivity contribution in [3.05, 3.63) is 52.8 Å². The van der Waals surface area contributed by atoms with Crippen LogP contribution in [0.3, 0.4) is 0 Å². The largest absolute Gasteiger partial charge is 0.417 e. The van der Waals surface area contributed by atoms with Gasteiger partial charge in [-0.1, -0.05) is 11.6 Å². The molecule has 0 aliphatic rings. The van der Waals surface area contributed by atoms with Crippen LogP contribution in [-0.4, -0.2) is 19.3 Å². The highest BCUT2D eigenvalue weighted by atomic mass is 35.5. The minimum Gasteiger partial charge on any atom is -0.277 e. The van der Waals surface area contributed by atoms with E-state index in [0.717, 1.165) is 12.1 Å². The number of hydrogen-bond acceptors (Lipinski definition) is 4. The van der Waals surface area contributed by atoms with E-state index in [2.05, 4.69) is 4.98 Å². The van der Waals surface area contributed by atoms with Gasteiger partial charge in [0.05, 0.1) is 21.2 Å². The maximum absolute atomic E-state index is 12.9. The summed E-state index contributed by atoms with van der Waals surface area (Å²) in [5, 5.41) is -0.643. The molecule has 0 aliphatic carbocycles. The van der Waals surface area contributed by atoms with Crippen LogP contribution in [0.5, 0.6) is 0 Å². The second-order valence-electron chi connectivity index (χ2n) is 4.57. The van der Waals surface area contributed by atoms with Crippen molar-refractivity contribution in [3.63, 3.8) is 0 Å². The molecule has 1 amide bonds. The molecule has 2 rings (SSSR count). The predicted octanol–water partition coefficient (Wildman–Crippen LogP) is 3.44. The Bertz CT molecular complexity index is 920. The van der Waals surface area contributed by atoms with Gasteiger partial charge in [-0.05, 0) is 30.3 Å². The quantitative estimate of drug-likeness (QED) is 0.751. The van der Waals surface area contributed by atoms with Crippen LogP contribution >= 0.6 is 23.4 Å². The van der Waals surface area contributed by atoms with E-state index >= 15 is 0 Å². The van der Waals surface area contributed by atoms with Gasteiger partial charge in [0.1, 0.15) is 0 Å². The van der Waals surface area contributed by atoms with E-state index in [1.165, 1.54) is 18.3 Å². The topological polar surface area (TPSA) is 88.2 Å². The summed E-state index contributed by atoms with van der Waals surface area (Å²) in [6, 6.07) is 4.63. The molecule has 12 heteroatoms. The van der Waals surface area contributed by atoms with E-state index < -0.39 is 37.6 Å². The highest BCUT2D eigenvalue weighted by Crippen LogP contribution is 2.36. The molecule has 0 unspecified atom stereocenters. The third kappa shape index (κ3) is 4.33. The van der Waals surface area contributed by atoms with Crippen molar-refractivity contribution >= 4 is 45.0 Å². The molecule has 0 aliphatic heterocycles. The summed E-state index contributed by atoms with van der Waals surface area (Å²) in [6.45, 7) is 0. The maximum atomic E-state index is 12.9. The Morgan fingerprint density at radius 2 is 1.88 bits per heavy atom. The van der Waals surface area contributed by atoms with Crippen molar-refractivity contribution < 1.29 is 26.4 Å². The van der Waals surface area contributed by atoms with E-state index in [4.69, 9.17) is 23.4 Å². The zero-order valence-corrected chi connectivity index (χ0v) is 14.3. The molecule has 2 N–H and O–H groups in total. The van der Waals surface area contributed by atoms with Gasteiger partial charge in [0.25, 0.3) is 15.9 Å². The number of anilines is 1. The van der Waals surface area contributed by atoms with Crippen LogP contribution in [0.2, 0.25) is 5.02 Å². The first-order valence-electron chi connectivity index (χ1n) is 6.32. The molecule has 1 aromatic heterocycles. The first kappa shape index (κ1) is 19.3. The molecule has 0 saturated heterocycles. The van der Waals surface area contributed by atoms with Gasteiger partial charge in [-0.3, -0.25) is 14.4 Å². The Kier molecular flexibility index (Phi) is 5.45. The van der Waals surface area contributed by atoms with Crippen LogP contribution in [-0.2, 0) is 16.2 Å². The lowest BCUT2D eigenvalue weighted by atomic mass is 10.2. The van der Waals surface area contributed by atoms with Crippen molar-refractivity contribution in [1.82, 2.24) is 9.82 Å². The lowest BCUT2D eigenvalue weighted by Crippen LogP contribution is -2.20. The van der Waals surface area contributed by atoms with E-state index in [1.54, 1.807) is 4.84 Å². The minimum atomic E-state index is -4.83. The fraction of sp³-hybridized carbons (Fsp3) is 0.0769. The van der Waals surface area contributed by atoms with Crippen LogP contribution in [0.1, 0.15) is 16.1 Å². The SMILES string of the molecule is O=C(NCl)c1ncccc1NS(=O)(=O)c1ccc(Cl)c(C(F)(F)F)c1. The molecule has 0 saturated carbocycles.